The molecule has 0 unspecified atom stereocenters. The maximum atomic E-state index is 5.80. The first kappa shape index (κ1) is 13.2. The van der Waals surface area contributed by atoms with Gasteiger partial charge in [0.15, 0.2) is 11.5 Å². The zero-order valence-corrected chi connectivity index (χ0v) is 12.7. The van der Waals surface area contributed by atoms with Gasteiger partial charge in [0.05, 0.1) is 4.47 Å². The van der Waals surface area contributed by atoms with Crippen molar-refractivity contribution in [3.05, 3.63) is 46.4 Å². The Morgan fingerprint density at radius 1 is 1.15 bits per heavy atom. The Morgan fingerprint density at radius 2 is 1.95 bits per heavy atom. The fraction of sp³-hybridized carbons (Fsp3) is 0.0714. The molecule has 1 aliphatic rings. The van der Waals surface area contributed by atoms with Crippen LogP contribution in [0.2, 0.25) is 0 Å². The number of thiocarbonyl (C=S) groups is 1. The molecule has 6 heteroatoms. The molecule has 2 aromatic carbocycles. The van der Waals surface area contributed by atoms with E-state index in [1.807, 2.05) is 30.3 Å². The molecular weight excluding hydrogens is 342 g/mol. The third kappa shape index (κ3) is 2.57. The number of hydrogen-bond donors (Lipinski definition) is 1. The number of nitrogens with two attached hydrogens (primary N) is 1. The van der Waals surface area contributed by atoms with E-state index in [0.717, 1.165) is 15.8 Å². The van der Waals surface area contributed by atoms with E-state index < -0.39 is 0 Å². The Balaban J connectivity index is 1.86. The largest absolute Gasteiger partial charge is 0.456 e. The zero-order valence-electron chi connectivity index (χ0n) is 10.3. The summed E-state index contributed by atoms with van der Waals surface area (Å²) >= 11 is 8.37. The highest BCUT2D eigenvalue weighted by atomic mass is 79.9. The van der Waals surface area contributed by atoms with Crippen molar-refractivity contribution in [2.75, 3.05) is 6.79 Å². The van der Waals surface area contributed by atoms with Gasteiger partial charge in [-0.3, -0.25) is 0 Å². The summed E-state index contributed by atoms with van der Waals surface area (Å²) < 4.78 is 17.1. The highest BCUT2D eigenvalue weighted by molar-refractivity contribution is 9.10. The first-order valence-corrected chi connectivity index (χ1v) is 7.00. The SMILES string of the molecule is NC(=S)c1ccc(Oc2ccc3c(c2)OCO3)c(Br)c1. The molecule has 0 atom stereocenters. The van der Waals surface area contributed by atoms with Gasteiger partial charge in [0, 0.05) is 11.6 Å². The van der Waals surface area contributed by atoms with Gasteiger partial charge in [0.25, 0.3) is 0 Å². The molecule has 0 bridgehead atoms. The molecule has 0 saturated carbocycles. The van der Waals surface area contributed by atoms with Crippen LogP contribution in [-0.4, -0.2) is 11.8 Å². The van der Waals surface area contributed by atoms with Crippen LogP contribution >= 0.6 is 28.1 Å². The van der Waals surface area contributed by atoms with E-state index >= 15 is 0 Å². The van der Waals surface area contributed by atoms with Crippen molar-refractivity contribution in [2.45, 2.75) is 0 Å². The average Bonchev–Trinajstić information content (AvgIpc) is 2.88. The molecule has 0 fully saturated rings. The summed E-state index contributed by atoms with van der Waals surface area (Å²) in [5.41, 5.74) is 6.37. The number of halogens is 1. The highest BCUT2D eigenvalue weighted by Gasteiger charge is 2.14. The fourth-order valence-electron chi connectivity index (χ4n) is 1.80. The Hall–Kier alpha value is -1.79. The number of ether oxygens (including phenoxy) is 3. The number of hydrogen-bond acceptors (Lipinski definition) is 4. The first-order valence-electron chi connectivity index (χ1n) is 5.80. The molecule has 0 amide bonds. The lowest BCUT2D eigenvalue weighted by atomic mass is 10.2. The van der Waals surface area contributed by atoms with E-state index in [-0.39, 0.29) is 6.79 Å². The summed E-state index contributed by atoms with van der Waals surface area (Å²) in [4.78, 5) is 0.348. The molecule has 0 saturated heterocycles. The number of benzene rings is 2. The van der Waals surface area contributed by atoms with Crippen molar-refractivity contribution < 1.29 is 14.2 Å². The van der Waals surface area contributed by atoms with Gasteiger partial charge < -0.3 is 19.9 Å². The summed E-state index contributed by atoms with van der Waals surface area (Å²) in [6.07, 6.45) is 0. The lowest BCUT2D eigenvalue weighted by Crippen LogP contribution is -2.08. The van der Waals surface area contributed by atoms with Crippen LogP contribution in [0.15, 0.2) is 40.9 Å². The smallest absolute Gasteiger partial charge is 0.231 e. The fourth-order valence-corrected chi connectivity index (χ4v) is 2.39. The van der Waals surface area contributed by atoms with Gasteiger partial charge in [0.1, 0.15) is 16.5 Å². The average molecular weight is 352 g/mol. The quantitative estimate of drug-likeness (QED) is 0.856. The number of rotatable bonds is 3. The summed E-state index contributed by atoms with van der Waals surface area (Å²) in [5.74, 6) is 2.74. The van der Waals surface area contributed by atoms with Crippen LogP contribution in [0.5, 0.6) is 23.0 Å². The van der Waals surface area contributed by atoms with Gasteiger partial charge in [-0.1, -0.05) is 12.2 Å². The Kier molecular flexibility index (Phi) is 3.50. The third-order valence-corrected chi connectivity index (χ3v) is 3.64. The molecule has 20 heavy (non-hydrogen) atoms. The maximum absolute atomic E-state index is 5.80. The van der Waals surface area contributed by atoms with Gasteiger partial charge in [-0.25, -0.2) is 0 Å². The Bertz CT molecular complexity index is 690. The predicted octanol–water partition coefficient (Wildman–Crippen LogP) is 3.60. The molecule has 1 aliphatic heterocycles. The van der Waals surface area contributed by atoms with Crippen molar-refractivity contribution in [3.8, 4) is 23.0 Å². The predicted molar refractivity (Wildman–Crippen MR) is 82.7 cm³/mol. The van der Waals surface area contributed by atoms with Crippen molar-refractivity contribution in [1.29, 1.82) is 0 Å². The molecule has 4 nitrogen and oxygen atoms in total. The molecule has 0 radical (unpaired) electrons. The molecule has 0 aromatic heterocycles. The van der Waals surface area contributed by atoms with Crippen LogP contribution in [0, 0.1) is 0 Å². The van der Waals surface area contributed by atoms with Crippen molar-refractivity contribution in [2.24, 2.45) is 5.73 Å². The van der Waals surface area contributed by atoms with Gasteiger partial charge in [-0.2, -0.15) is 0 Å². The zero-order chi connectivity index (χ0) is 14.1. The van der Waals surface area contributed by atoms with Crippen LogP contribution in [0.3, 0.4) is 0 Å². The van der Waals surface area contributed by atoms with Crippen LogP contribution in [0.25, 0.3) is 0 Å². The van der Waals surface area contributed by atoms with Crippen molar-refractivity contribution in [3.63, 3.8) is 0 Å². The van der Waals surface area contributed by atoms with Crippen LogP contribution in [0.4, 0.5) is 0 Å². The van der Waals surface area contributed by atoms with E-state index in [4.69, 9.17) is 32.2 Å². The van der Waals surface area contributed by atoms with E-state index in [1.54, 1.807) is 6.07 Å². The van der Waals surface area contributed by atoms with Gasteiger partial charge in [0.2, 0.25) is 6.79 Å². The first-order chi connectivity index (χ1) is 9.63. The monoisotopic (exact) mass is 351 g/mol. The molecule has 0 spiro atoms. The summed E-state index contributed by atoms with van der Waals surface area (Å²) in [6.45, 7) is 0.241. The van der Waals surface area contributed by atoms with Crippen LogP contribution in [-0.2, 0) is 0 Å². The molecular formula is C14H10BrNO3S. The minimum atomic E-state index is 0.241. The molecule has 2 aromatic rings. The van der Waals surface area contributed by atoms with Gasteiger partial charge in [-0.05, 0) is 46.3 Å². The highest BCUT2D eigenvalue weighted by Crippen LogP contribution is 2.38. The summed E-state index contributed by atoms with van der Waals surface area (Å²) in [6, 6.07) is 10.9. The van der Waals surface area contributed by atoms with Crippen molar-refractivity contribution >= 4 is 33.1 Å². The summed E-state index contributed by atoms with van der Waals surface area (Å²) in [7, 11) is 0. The van der Waals surface area contributed by atoms with Gasteiger partial charge >= 0.3 is 0 Å². The Labute approximate surface area is 129 Å². The third-order valence-electron chi connectivity index (χ3n) is 2.79. The van der Waals surface area contributed by atoms with E-state index in [2.05, 4.69) is 15.9 Å². The normalized spacial score (nSPS) is 12.2. The minimum absolute atomic E-state index is 0.241. The lowest BCUT2D eigenvalue weighted by Gasteiger charge is -2.09. The van der Waals surface area contributed by atoms with Crippen LogP contribution < -0.4 is 19.9 Å². The van der Waals surface area contributed by atoms with E-state index in [0.29, 0.717) is 22.2 Å². The molecule has 0 aliphatic carbocycles. The van der Waals surface area contributed by atoms with Crippen molar-refractivity contribution in [1.82, 2.24) is 0 Å². The minimum Gasteiger partial charge on any atom is -0.456 e. The molecule has 2 N–H and O–H groups in total. The molecule has 3 rings (SSSR count). The second-order valence-corrected chi connectivity index (χ2v) is 5.42. The topological polar surface area (TPSA) is 53.7 Å². The van der Waals surface area contributed by atoms with E-state index in [1.165, 1.54) is 0 Å². The molecule has 1 heterocycles. The Morgan fingerprint density at radius 3 is 2.70 bits per heavy atom. The van der Waals surface area contributed by atoms with Crippen LogP contribution in [0.1, 0.15) is 5.56 Å². The molecule has 102 valence electrons. The maximum Gasteiger partial charge on any atom is 0.231 e. The lowest BCUT2D eigenvalue weighted by molar-refractivity contribution is 0.174. The van der Waals surface area contributed by atoms with E-state index in [9.17, 15) is 0 Å². The number of fused-ring (bicyclic) bond motifs is 1. The standard InChI is InChI=1S/C14H10BrNO3S/c15-10-5-8(14(16)20)1-3-11(10)19-9-2-4-12-13(6-9)18-7-17-12/h1-6H,7H2,(H2,16,20). The second kappa shape index (κ2) is 5.30. The summed E-state index contributed by atoms with van der Waals surface area (Å²) in [5, 5.41) is 0. The van der Waals surface area contributed by atoms with Gasteiger partial charge in [-0.15, -0.1) is 0 Å². The second-order valence-electron chi connectivity index (χ2n) is 4.13.